The predicted molar refractivity (Wildman–Crippen MR) is 70.2 cm³/mol. The summed E-state index contributed by atoms with van der Waals surface area (Å²) in [5, 5.41) is 3.44. The van der Waals surface area contributed by atoms with Gasteiger partial charge in [-0.05, 0) is 38.3 Å². The molecule has 0 aromatic carbocycles. The molecule has 1 unspecified atom stereocenters. The Morgan fingerprint density at radius 2 is 2.24 bits per heavy atom. The highest BCUT2D eigenvalue weighted by molar-refractivity contribution is 4.99. The molecule has 4 nitrogen and oxygen atoms in total. The molecule has 0 aliphatic heterocycles. The SMILES string of the molecule is CCNC(CC)CCCn1cc(C)cnc1=O. The van der Waals surface area contributed by atoms with Gasteiger partial charge in [0.1, 0.15) is 0 Å². The summed E-state index contributed by atoms with van der Waals surface area (Å²) in [7, 11) is 0. The summed E-state index contributed by atoms with van der Waals surface area (Å²) in [4.78, 5) is 15.3. The van der Waals surface area contributed by atoms with Crippen LogP contribution in [0.3, 0.4) is 0 Å². The maximum atomic E-state index is 11.5. The van der Waals surface area contributed by atoms with Crippen LogP contribution in [0.2, 0.25) is 0 Å². The summed E-state index contributed by atoms with van der Waals surface area (Å²) >= 11 is 0. The minimum atomic E-state index is -0.146. The average Bonchev–Trinajstić information content (AvgIpc) is 2.32. The molecule has 0 saturated heterocycles. The lowest BCUT2D eigenvalue weighted by Gasteiger charge is -2.15. The number of aryl methyl sites for hydroxylation is 2. The first-order valence-corrected chi connectivity index (χ1v) is 6.43. The van der Waals surface area contributed by atoms with Crippen LogP contribution in [0, 0.1) is 6.92 Å². The summed E-state index contributed by atoms with van der Waals surface area (Å²) in [6, 6.07) is 0.563. The van der Waals surface area contributed by atoms with Crippen molar-refractivity contribution in [3.8, 4) is 0 Å². The third-order valence-corrected chi connectivity index (χ3v) is 2.92. The molecule has 0 aliphatic carbocycles. The van der Waals surface area contributed by atoms with Crippen molar-refractivity contribution in [1.82, 2.24) is 14.9 Å². The summed E-state index contributed by atoms with van der Waals surface area (Å²) in [5.74, 6) is 0. The molecule has 0 saturated carbocycles. The zero-order valence-corrected chi connectivity index (χ0v) is 11.1. The smallest absolute Gasteiger partial charge is 0.314 e. The van der Waals surface area contributed by atoms with Crippen molar-refractivity contribution in [2.24, 2.45) is 0 Å². The van der Waals surface area contributed by atoms with E-state index in [2.05, 4.69) is 24.1 Å². The normalized spacial score (nSPS) is 12.6. The highest BCUT2D eigenvalue weighted by Crippen LogP contribution is 2.03. The standard InChI is InChI=1S/C13H23N3O/c1-4-12(14-5-2)7-6-8-16-10-11(3)9-15-13(16)17/h9-10,12,14H,4-8H2,1-3H3. The van der Waals surface area contributed by atoms with E-state index in [9.17, 15) is 4.79 Å². The lowest BCUT2D eigenvalue weighted by Crippen LogP contribution is -2.29. The average molecular weight is 237 g/mol. The van der Waals surface area contributed by atoms with Gasteiger partial charge in [0.05, 0.1) is 0 Å². The van der Waals surface area contributed by atoms with E-state index in [1.807, 2.05) is 13.1 Å². The van der Waals surface area contributed by atoms with Crippen LogP contribution in [0.4, 0.5) is 0 Å². The molecule has 1 N–H and O–H groups in total. The maximum absolute atomic E-state index is 11.5. The van der Waals surface area contributed by atoms with E-state index in [0.29, 0.717) is 6.04 Å². The Kier molecular flexibility index (Phi) is 5.91. The first kappa shape index (κ1) is 13.9. The molecule has 4 heteroatoms. The predicted octanol–water partition coefficient (Wildman–Crippen LogP) is 1.72. The molecule has 1 aromatic rings. The topological polar surface area (TPSA) is 46.9 Å². The van der Waals surface area contributed by atoms with Crippen LogP contribution >= 0.6 is 0 Å². The minimum Gasteiger partial charge on any atom is -0.314 e. The molecule has 0 fully saturated rings. The van der Waals surface area contributed by atoms with Crippen LogP contribution in [0.15, 0.2) is 17.2 Å². The van der Waals surface area contributed by atoms with Crippen molar-refractivity contribution in [3.63, 3.8) is 0 Å². The van der Waals surface area contributed by atoms with Gasteiger partial charge < -0.3 is 5.32 Å². The molecular weight excluding hydrogens is 214 g/mol. The van der Waals surface area contributed by atoms with Gasteiger partial charge in [0.15, 0.2) is 0 Å². The van der Waals surface area contributed by atoms with Gasteiger partial charge in [0.2, 0.25) is 0 Å². The van der Waals surface area contributed by atoms with E-state index in [-0.39, 0.29) is 5.69 Å². The summed E-state index contributed by atoms with van der Waals surface area (Å²) in [6.07, 6.45) is 6.74. The maximum Gasteiger partial charge on any atom is 0.347 e. The number of aromatic nitrogens is 2. The second-order valence-electron chi connectivity index (χ2n) is 4.41. The van der Waals surface area contributed by atoms with Crippen molar-refractivity contribution >= 4 is 0 Å². The van der Waals surface area contributed by atoms with Crippen LogP contribution in [-0.2, 0) is 6.54 Å². The van der Waals surface area contributed by atoms with Crippen LogP contribution in [0.25, 0.3) is 0 Å². The van der Waals surface area contributed by atoms with E-state index < -0.39 is 0 Å². The summed E-state index contributed by atoms with van der Waals surface area (Å²) in [6.45, 7) is 8.03. The molecule has 1 atom stereocenters. The zero-order chi connectivity index (χ0) is 12.7. The molecule has 17 heavy (non-hydrogen) atoms. The molecule has 0 amide bonds. The number of nitrogens with one attached hydrogen (secondary N) is 1. The van der Waals surface area contributed by atoms with Crippen molar-refractivity contribution < 1.29 is 0 Å². The van der Waals surface area contributed by atoms with Crippen LogP contribution in [-0.4, -0.2) is 22.1 Å². The Balaban J connectivity index is 2.45. The van der Waals surface area contributed by atoms with Gasteiger partial charge in [0, 0.05) is 25.0 Å². The number of nitrogens with zero attached hydrogens (tertiary/aromatic N) is 2. The lowest BCUT2D eigenvalue weighted by molar-refractivity contribution is 0.444. The van der Waals surface area contributed by atoms with Gasteiger partial charge in [0.25, 0.3) is 0 Å². The van der Waals surface area contributed by atoms with E-state index in [1.165, 1.54) is 0 Å². The Hall–Kier alpha value is -1.16. The van der Waals surface area contributed by atoms with Gasteiger partial charge in [-0.2, -0.15) is 0 Å². The zero-order valence-electron chi connectivity index (χ0n) is 11.1. The molecule has 0 bridgehead atoms. The van der Waals surface area contributed by atoms with Crippen molar-refractivity contribution in [1.29, 1.82) is 0 Å². The Labute approximate surface area is 103 Å². The fourth-order valence-corrected chi connectivity index (χ4v) is 1.97. The van der Waals surface area contributed by atoms with Gasteiger partial charge >= 0.3 is 5.69 Å². The number of rotatable bonds is 7. The Morgan fingerprint density at radius 1 is 1.47 bits per heavy atom. The van der Waals surface area contributed by atoms with Gasteiger partial charge in [-0.15, -0.1) is 0 Å². The minimum absolute atomic E-state index is 0.146. The molecule has 0 spiro atoms. The molecule has 0 aliphatic rings. The van der Waals surface area contributed by atoms with Gasteiger partial charge in [-0.1, -0.05) is 13.8 Å². The Bertz CT molecular complexity index is 386. The third-order valence-electron chi connectivity index (χ3n) is 2.92. The van der Waals surface area contributed by atoms with Crippen molar-refractivity contribution in [3.05, 3.63) is 28.4 Å². The van der Waals surface area contributed by atoms with E-state index >= 15 is 0 Å². The Morgan fingerprint density at radius 3 is 2.88 bits per heavy atom. The second-order valence-corrected chi connectivity index (χ2v) is 4.41. The summed E-state index contributed by atoms with van der Waals surface area (Å²) < 4.78 is 1.70. The lowest BCUT2D eigenvalue weighted by atomic mass is 10.1. The monoisotopic (exact) mass is 237 g/mol. The number of hydrogen-bond donors (Lipinski definition) is 1. The highest BCUT2D eigenvalue weighted by Gasteiger charge is 2.04. The largest absolute Gasteiger partial charge is 0.347 e. The van der Waals surface area contributed by atoms with Crippen molar-refractivity contribution in [2.45, 2.75) is 52.6 Å². The fraction of sp³-hybridized carbons (Fsp3) is 0.692. The molecule has 1 rings (SSSR count). The van der Waals surface area contributed by atoms with Gasteiger partial charge in [-0.25, -0.2) is 9.78 Å². The molecular formula is C13H23N3O. The van der Waals surface area contributed by atoms with Crippen LogP contribution in [0.1, 0.15) is 38.7 Å². The van der Waals surface area contributed by atoms with E-state index in [1.54, 1.807) is 10.8 Å². The number of hydrogen-bond acceptors (Lipinski definition) is 3. The molecule has 96 valence electrons. The van der Waals surface area contributed by atoms with Crippen LogP contribution < -0.4 is 11.0 Å². The summed E-state index contributed by atoms with van der Waals surface area (Å²) in [5.41, 5.74) is 0.885. The van der Waals surface area contributed by atoms with Crippen molar-refractivity contribution in [2.75, 3.05) is 6.54 Å². The second kappa shape index (κ2) is 7.22. The van der Waals surface area contributed by atoms with Crippen LogP contribution in [0.5, 0.6) is 0 Å². The highest BCUT2D eigenvalue weighted by atomic mass is 16.1. The first-order chi connectivity index (χ1) is 8.17. The van der Waals surface area contributed by atoms with E-state index in [4.69, 9.17) is 0 Å². The third kappa shape index (κ3) is 4.69. The van der Waals surface area contributed by atoms with Gasteiger partial charge in [-0.3, -0.25) is 4.57 Å². The fourth-order valence-electron chi connectivity index (χ4n) is 1.97. The molecule has 0 radical (unpaired) electrons. The molecule has 1 aromatic heterocycles. The molecule has 1 heterocycles. The quantitative estimate of drug-likeness (QED) is 0.785. The first-order valence-electron chi connectivity index (χ1n) is 6.43. The van der Waals surface area contributed by atoms with E-state index in [0.717, 1.165) is 37.9 Å².